The van der Waals surface area contributed by atoms with Crippen LogP contribution in [0.15, 0.2) is 121 Å². The molecule has 1 aliphatic heterocycles. The van der Waals surface area contributed by atoms with E-state index in [2.05, 4.69) is 60.7 Å². The molecule has 0 radical (unpaired) electrons. The molecule has 5 rings (SSSR count). The lowest BCUT2D eigenvalue weighted by atomic mass is 10.0. The topological polar surface area (TPSA) is 36.9 Å². The number of benzene rings is 4. The second-order valence-corrected chi connectivity index (χ2v) is 10.9. The summed E-state index contributed by atoms with van der Waals surface area (Å²) in [5.74, 6) is 0.879. The molecule has 1 heterocycles. The van der Waals surface area contributed by atoms with E-state index in [0.717, 1.165) is 28.9 Å². The number of hydrogen-bond acceptors (Lipinski definition) is 5. The standard InChI is InChI=1S/C34H36O4S/c1-5-13-27(14-6-1)22-35-25-32-34(37-24-29-17-9-3-10-18-29)31(36-23-28-15-7-2-8-16-28)21-33(38-32)39-26-30-19-11-4-12-20-30/h1-20,31-34H,21-26H2/t31-,32-,33?,34+/m1/s1. The van der Waals surface area contributed by atoms with E-state index in [-0.39, 0.29) is 23.7 Å². The van der Waals surface area contributed by atoms with Crippen molar-refractivity contribution in [3.8, 4) is 0 Å². The molecule has 0 spiro atoms. The molecule has 0 bridgehead atoms. The lowest BCUT2D eigenvalue weighted by Crippen LogP contribution is -2.51. The number of rotatable bonds is 13. The smallest absolute Gasteiger partial charge is 0.113 e. The molecule has 0 aliphatic carbocycles. The van der Waals surface area contributed by atoms with E-state index in [0.29, 0.717) is 26.4 Å². The molecule has 1 saturated heterocycles. The highest BCUT2D eigenvalue weighted by atomic mass is 32.2. The van der Waals surface area contributed by atoms with Crippen LogP contribution in [0, 0.1) is 0 Å². The van der Waals surface area contributed by atoms with Crippen molar-refractivity contribution in [1.82, 2.24) is 0 Å². The Morgan fingerprint density at radius 3 is 1.64 bits per heavy atom. The van der Waals surface area contributed by atoms with Gasteiger partial charge in [0.25, 0.3) is 0 Å². The van der Waals surface area contributed by atoms with Crippen molar-refractivity contribution in [1.29, 1.82) is 0 Å². The largest absolute Gasteiger partial charge is 0.374 e. The highest BCUT2D eigenvalue weighted by Crippen LogP contribution is 2.34. The molecule has 202 valence electrons. The van der Waals surface area contributed by atoms with Gasteiger partial charge in [0.15, 0.2) is 0 Å². The molecule has 4 aromatic carbocycles. The van der Waals surface area contributed by atoms with Gasteiger partial charge in [-0.05, 0) is 22.3 Å². The Bertz CT molecular complexity index is 1210. The van der Waals surface area contributed by atoms with Crippen LogP contribution in [0.5, 0.6) is 0 Å². The predicted molar refractivity (Wildman–Crippen MR) is 157 cm³/mol. The van der Waals surface area contributed by atoms with Crippen molar-refractivity contribution in [2.24, 2.45) is 0 Å². The number of ether oxygens (including phenoxy) is 4. The van der Waals surface area contributed by atoms with Crippen LogP contribution in [0.2, 0.25) is 0 Å². The van der Waals surface area contributed by atoms with Crippen LogP contribution in [0.4, 0.5) is 0 Å². The fourth-order valence-corrected chi connectivity index (χ4v) is 5.80. The van der Waals surface area contributed by atoms with E-state index >= 15 is 0 Å². The van der Waals surface area contributed by atoms with Gasteiger partial charge in [-0.15, -0.1) is 11.8 Å². The number of hydrogen-bond donors (Lipinski definition) is 0. The zero-order chi connectivity index (χ0) is 26.5. The highest BCUT2D eigenvalue weighted by Gasteiger charge is 2.40. The summed E-state index contributed by atoms with van der Waals surface area (Å²) in [6, 6.07) is 41.4. The van der Waals surface area contributed by atoms with E-state index < -0.39 is 0 Å². The predicted octanol–water partition coefficient (Wildman–Crippen LogP) is 7.42. The van der Waals surface area contributed by atoms with E-state index in [9.17, 15) is 0 Å². The molecule has 5 heteroatoms. The van der Waals surface area contributed by atoms with Crippen molar-refractivity contribution in [2.75, 3.05) is 6.61 Å². The lowest BCUT2D eigenvalue weighted by molar-refractivity contribution is -0.204. The molecule has 4 aromatic rings. The average Bonchev–Trinajstić information content (AvgIpc) is 3.00. The van der Waals surface area contributed by atoms with E-state index in [1.807, 2.05) is 72.4 Å². The Morgan fingerprint density at radius 1 is 0.590 bits per heavy atom. The van der Waals surface area contributed by atoms with Crippen LogP contribution >= 0.6 is 11.8 Å². The first-order valence-electron chi connectivity index (χ1n) is 13.6. The maximum Gasteiger partial charge on any atom is 0.113 e. The van der Waals surface area contributed by atoms with Crippen LogP contribution < -0.4 is 0 Å². The molecular formula is C34H36O4S. The van der Waals surface area contributed by atoms with Gasteiger partial charge in [-0.2, -0.15) is 0 Å². The van der Waals surface area contributed by atoms with Crippen molar-refractivity contribution >= 4 is 11.8 Å². The summed E-state index contributed by atoms with van der Waals surface area (Å²) in [4.78, 5) is 0. The molecule has 0 aromatic heterocycles. The van der Waals surface area contributed by atoms with Crippen LogP contribution in [0.25, 0.3) is 0 Å². The molecule has 4 nitrogen and oxygen atoms in total. The Hall–Kier alpha value is -2.93. The van der Waals surface area contributed by atoms with Gasteiger partial charge in [-0.3, -0.25) is 0 Å². The fourth-order valence-electron chi connectivity index (χ4n) is 4.68. The zero-order valence-corrected chi connectivity index (χ0v) is 23.0. The maximum absolute atomic E-state index is 6.66. The van der Waals surface area contributed by atoms with Crippen LogP contribution in [-0.4, -0.2) is 30.4 Å². The van der Waals surface area contributed by atoms with Crippen molar-refractivity contribution < 1.29 is 18.9 Å². The molecule has 0 N–H and O–H groups in total. The second-order valence-electron chi connectivity index (χ2n) is 9.73. The van der Waals surface area contributed by atoms with Gasteiger partial charge in [0.2, 0.25) is 0 Å². The van der Waals surface area contributed by atoms with Crippen molar-refractivity contribution in [2.45, 2.75) is 55.7 Å². The highest BCUT2D eigenvalue weighted by molar-refractivity contribution is 7.99. The van der Waals surface area contributed by atoms with Gasteiger partial charge >= 0.3 is 0 Å². The average molecular weight is 541 g/mol. The van der Waals surface area contributed by atoms with Gasteiger partial charge < -0.3 is 18.9 Å². The summed E-state index contributed by atoms with van der Waals surface area (Å²) < 4.78 is 26.0. The summed E-state index contributed by atoms with van der Waals surface area (Å²) in [5.41, 5.74) is 4.68. The summed E-state index contributed by atoms with van der Waals surface area (Å²) in [7, 11) is 0. The zero-order valence-electron chi connectivity index (χ0n) is 22.1. The number of thioether (sulfide) groups is 1. The first-order valence-corrected chi connectivity index (χ1v) is 14.6. The Labute approximate surface area is 236 Å². The summed E-state index contributed by atoms with van der Waals surface area (Å²) in [6.07, 6.45) is 0.124. The molecule has 0 saturated carbocycles. The van der Waals surface area contributed by atoms with E-state index in [4.69, 9.17) is 18.9 Å². The van der Waals surface area contributed by atoms with Crippen LogP contribution in [0.3, 0.4) is 0 Å². The van der Waals surface area contributed by atoms with Crippen LogP contribution in [-0.2, 0) is 44.5 Å². The SMILES string of the molecule is c1ccc(COC[C@H]2OC(SCc3ccccc3)C[C@@H](OCc3ccccc3)[C@@H]2OCc2ccccc2)cc1. The minimum Gasteiger partial charge on any atom is -0.374 e. The Morgan fingerprint density at radius 2 is 1.08 bits per heavy atom. The summed E-state index contributed by atoms with van der Waals surface area (Å²) in [6.45, 7) is 1.99. The first-order chi connectivity index (χ1) is 19.3. The molecule has 39 heavy (non-hydrogen) atoms. The first kappa shape index (κ1) is 27.6. The summed E-state index contributed by atoms with van der Waals surface area (Å²) in [5, 5.41) is 0. The molecule has 1 fully saturated rings. The normalized spacial score (nSPS) is 21.0. The lowest BCUT2D eigenvalue weighted by Gasteiger charge is -2.41. The van der Waals surface area contributed by atoms with Gasteiger partial charge in [0, 0.05) is 12.2 Å². The second kappa shape index (κ2) is 15.0. The van der Waals surface area contributed by atoms with E-state index in [1.54, 1.807) is 0 Å². The quantitative estimate of drug-likeness (QED) is 0.176. The third-order valence-corrected chi connectivity index (χ3v) is 7.92. The van der Waals surface area contributed by atoms with Gasteiger partial charge in [0.05, 0.1) is 32.5 Å². The Balaban J connectivity index is 1.30. The Kier molecular flexibility index (Phi) is 10.6. The molecule has 1 aliphatic rings. The minimum absolute atomic E-state index is 0.0205. The fraction of sp³-hybridized carbons (Fsp3) is 0.294. The van der Waals surface area contributed by atoms with Gasteiger partial charge in [-0.25, -0.2) is 0 Å². The third-order valence-electron chi connectivity index (χ3n) is 6.75. The van der Waals surface area contributed by atoms with Crippen molar-refractivity contribution in [3.63, 3.8) is 0 Å². The molecule has 4 atom stereocenters. The minimum atomic E-state index is -0.252. The third kappa shape index (κ3) is 8.79. The van der Waals surface area contributed by atoms with Crippen LogP contribution in [0.1, 0.15) is 28.7 Å². The van der Waals surface area contributed by atoms with E-state index in [1.165, 1.54) is 5.56 Å². The van der Waals surface area contributed by atoms with Gasteiger partial charge in [0.1, 0.15) is 17.6 Å². The summed E-state index contributed by atoms with van der Waals surface area (Å²) >= 11 is 1.81. The van der Waals surface area contributed by atoms with Gasteiger partial charge in [-0.1, -0.05) is 121 Å². The molecular weight excluding hydrogens is 504 g/mol. The van der Waals surface area contributed by atoms with Crippen molar-refractivity contribution in [3.05, 3.63) is 144 Å². The monoisotopic (exact) mass is 540 g/mol. The molecule has 0 amide bonds. The maximum atomic E-state index is 6.66. The molecule has 1 unspecified atom stereocenters.